The summed E-state index contributed by atoms with van der Waals surface area (Å²) in [6.45, 7) is 0.331. The number of carbonyl (C=O) groups is 2. The maximum absolute atomic E-state index is 12.5. The minimum Gasteiger partial charge on any atom is -0.492 e. The van der Waals surface area contributed by atoms with E-state index < -0.39 is 0 Å². The predicted molar refractivity (Wildman–Crippen MR) is 137 cm³/mol. The maximum Gasteiger partial charge on any atom is 0.227 e. The molecule has 0 aromatic heterocycles. The number of halogens is 2. The topological polar surface area (TPSA) is 79.5 Å². The van der Waals surface area contributed by atoms with Gasteiger partial charge in [0.05, 0.1) is 11.6 Å². The maximum atomic E-state index is 12.5. The third-order valence-electron chi connectivity index (χ3n) is 5.32. The smallest absolute Gasteiger partial charge is 0.227 e. The second kappa shape index (κ2) is 12.8. The number of nitrogens with one attached hydrogen (secondary N) is 3. The summed E-state index contributed by atoms with van der Waals surface area (Å²) >= 11 is 17.2. The molecule has 1 aliphatic rings. The van der Waals surface area contributed by atoms with Crippen LogP contribution in [0.3, 0.4) is 0 Å². The van der Waals surface area contributed by atoms with Crippen LogP contribution < -0.4 is 20.7 Å². The first-order valence-electron chi connectivity index (χ1n) is 11.0. The van der Waals surface area contributed by atoms with Crippen molar-refractivity contribution < 1.29 is 14.3 Å². The van der Waals surface area contributed by atoms with E-state index in [1.807, 2.05) is 18.2 Å². The van der Waals surface area contributed by atoms with Gasteiger partial charge in [-0.05, 0) is 67.9 Å². The average Bonchev–Trinajstić information content (AvgIpc) is 2.78. The Morgan fingerprint density at radius 1 is 1.00 bits per heavy atom. The normalized spacial score (nSPS) is 13.8. The van der Waals surface area contributed by atoms with Crippen LogP contribution in [0.1, 0.15) is 44.9 Å². The van der Waals surface area contributed by atoms with Crippen LogP contribution in [0.5, 0.6) is 5.75 Å². The minimum absolute atomic E-state index is 0.0600. The molecule has 176 valence electrons. The summed E-state index contributed by atoms with van der Waals surface area (Å²) in [6, 6.07) is 12.3. The van der Waals surface area contributed by atoms with Crippen LogP contribution in [-0.2, 0) is 9.59 Å². The van der Waals surface area contributed by atoms with E-state index in [0.29, 0.717) is 40.2 Å². The van der Waals surface area contributed by atoms with Crippen molar-refractivity contribution in [2.75, 3.05) is 17.2 Å². The first-order valence-corrected chi connectivity index (χ1v) is 12.2. The van der Waals surface area contributed by atoms with Crippen LogP contribution in [0, 0.1) is 5.92 Å². The molecule has 0 atom stereocenters. The van der Waals surface area contributed by atoms with Crippen LogP contribution in [0.2, 0.25) is 10.0 Å². The van der Waals surface area contributed by atoms with Gasteiger partial charge in [-0.15, -0.1) is 0 Å². The van der Waals surface area contributed by atoms with E-state index >= 15 is 0 Å². The molecular formula is C24H27Cl2N3O3S. The second-order valence-electron chi connectivity index (χ2n) is 7.93. The van der Waals surface area contributed by atoms with Crippen molar-refractivity contribution in [3.05, 3.63) is 52.5 Å². The Morgan fingerprint density at radius 2 is 1.73 bits per heavy atom. The van der Waals surface area contributed by atoms with Crippen molar-refractivity contribution in [1.29, 1.82) is 0 Å². The van der Waals surface area contributed by atoms with Crippen molar-refractivity contribution in [3.8, 4) is 5.75 Å². The second-order valence-corrected chi connectivity index (χ2v) is 9.19. The number of ether oxygens (including phenoxy) is 1. The van der Waals surface area contributed by atoms with Gasteiger partial charge in [-0.3, -0.25) is 9.59 Å². The Bertz CT molecular complexity index is 997. The predicted octanol–water partition coefficient (Wildman–Crippen LogP) is 6.18. The molecule has 0 radical (unpaired) electrons. The highest BCUT2D eigenvalue weighted by Gasteiger charge is 2.21. The number of hydrogen-bond donors (Lipinski definition) is 3. The minimum atomic E-state index is -0.222. The number of anilines is 2. The standard InChI is InChI=1S/C24H27Cl2N3O3S/c25-17-11-12-21(20(26)14-17)32-13-5-10-22(30)29-24(33)28-19-9-4-8-18(15-19)27-23(31)16-6-2-1-3-7-16/h4,8-9,11-12,14-16H,1-3,5-7,10,13H2,(H,27,31)(H2,28,29,30,33). The van der Waals surface area contributed by atoms with E-state index in [1.165, 1.54) is 6.42 Å². The third kappa shape index (κ3) is 8.50. The van der Waals surface area contributed by atoms with Crippen LogP contribution >= 0.6 is 35.4 Å². The largest absolute Gasteiger partial charge is 0.492 e. The molecule has 2 aromatic carbocycles. The Hall–Kier alpha value is -2.35. The third-order valence-corrected chi connectivity index (χ3v) is 6.05. The van der Waals surface area contributed by atoms with E-state index in [1.54, 1.807) is 24.3 Å². The van der Waals surface area contributed by atoms with Crippen molar-refractivity contribution in [2.24, 2.45) is 5.92 Å². The molecule has 2 amide bonds. The van der Waals surface area contributed by atoms with Crippen molar-refractivity contribution in [2.45, 2.75) is 44.9 Å². The molecule has 0 unspecified atom stereocenters. The van der Waals surface area contributed by atoms with Gasteiger partial charge in [0.1, 0.15) is 5.75 Å². The Morgan fingerprint density at radius 3 is 2.45 bits per heavy atom. The highest BCUT2D eigenvalue weighted by molar-refractivity contribution is 7.80. The number of thiocarbonyl (C=S) groups is 1. The van der Waals surface area contributed by atoms with E-state index in [2.05, 4.69) is 16.0 Å². The molecule has 0 spiro atoms. The quantitative estimate of drug-likeness (QED) is 0.293. The van der Waals surface area contributed by atoms with Gasteiger partial charge in [0.25, 0.3) is 0 Å². The number of rotatable bonds is 8. The number of benzene rings is 2. The van der Waals surface area contributed by atoms with E-state index in [-0.39, 0.29) is 29.3 Å². The van der Waals surface area contributed by atoms with Crippen LogP contribution in [0.4, 0.5) is 11.4 Å². The SMILES string of the molecule is O=C(CCCOc1ccc(Cl)cc1Cl)NC(=S)Nc1cccc(NC(=O)C2CCCCC2)c1. The highest BCUT2D eigenvalue weighted by Crippen LogP contribution is 2.28. The fraction of sp³-hybridized carbons (Fsp3) is 0.375. The zero-order valence-corrected chi connectivity index (χ0v) is 20.5. The highest BCUT2D eigenvalue weighted by atomic mass is 35.5. The number of hydrogen-bond acceptors (Lipinski definition) is 4. The zero-order valence-electron chi connectivity index (χ0n) is 18.2. The Balaban J connectivity index is 1.39. The summed E-state index contributed by atoms with van der Waals surface area (Å²) in [5, 5.41) is 9.77. The summed E-state index contributed by atoms with van der Waals surface area (Å²) in [6.07, 6.45) is 6.04. The van der Waals surface area contributed by atoms with Crippen LogP contribution in [-0.4, -0.2) is 23.5 Å². The molecule has 0 heterocycles. The summed E-state index contributed by atoms with van der Waals surface area (Å²) in [7, 11) is 0. The van der Waals surface area contributed by atoms with Gasteiger partial charge in [-0.1, -0.05) is 48.5 Å². The van der Waals surface area contributed by atoms with Gasteiger partial charge < -0.3 is 20.7 Å². The molecule has 0 bridgehead atoms. The Labute approximate surface area is 209 Å². The van der Waals surface area contributed by atoms with Gasteiger partial charge in [-0.25, -0.2) is 0 Å². The lowest BCUT2D eigenvalue weighted by atomic mass is 9.88. The van der Waals surface area contributed by atoms with Gasteiger partial charge in [0.2, 0.25) is 11.8 Å². The lowest BCUT2D eigenvalue weighted by Crippen LogP contribution is -2.34. The van der Waals surface area contributed by atoms with E-state index in [4.69, 9.17) is 40.2 Å². The van der Waals surface area contributed by atoms with Crippen molar-refractivity contribution in [3.63, 3.8) is 0 Å². The molecule has 1 saturated carbocycles. The molecule has 3 N–H and O–H groups in total. The summed E-state index contributed by atoms with van der Waals surface area (Å²) in [5.74, 6) is 0.439. The summed E-state index contributed by atoms with van der Waals surface area (Å²) < 4.78 is 5.58. The Kier molecular flexibility index (Phi) is 9.78. The zero-order chi connectivity index (χ0) is 23.6. The molecule has 2 aromatic rings. The molecule has 1 aliphatic carbocycles. The molecule has 33 heavy (non-hydrogen) atoms. The average molecular weight is 508 g/mol. The monoisotopic (exact) mass is 507 g/mol. The number of amides is 2. The lowest BCUT2D eigenvalue weighted by molar-refractivity contribution is -0.121. The fourth-order valence-electron chi connectivity index (χ4n) is 3.64. The number of carbonyl (C=O) groups excluding carboxylic acids is 2. The molecule has 3 rings (SSSR count). The first kappa shape index (κ1) is 25.3. The summed E-state index contributed by atoms with van der Waals surface area (Å²) in [5.41, 5.74) is 1.38. The molecule has 1 fully saturated rings. The van der Waals surface area contributed by atoms with Crippen LogP contribution in [0.25, 0.3) is 0 Å². The molecule has 6 nitrogen and oxygen atoms in total. The summed E-state index contributed by atoms with van der Waals surface area (Å²) in [4.78, 5) is 24.6. The van der Waals surface area contributed by atoms with Gasteiger partial charge in [0, 0.05) is 28.7 Å². The fourth-order valence-corrected chi connectivity index (χ4v) is 4.34. The molecule has 0 saturated heterocycles. The van der Waals surface area contributed by atoms with Gasteiger partial charge >= 0.3 is 0 Å². The van der Waals surface area contributed by atoms with Crippen molar-refractivity contribution >= 4 is 63.7 Å². The van der Waals surface area contributed by atoms with E-state index in [0.717, 1.165) is 25.7 Å². The molecule has 9 heteroatoms. The van der Waals surface area contributed by atoms with Gasteiger partial charge in [-0.2, -0.15) is 0 Å². The molecular weight excluding hydrogens is 481 g/mol. The lowest BCUT2D eigenvalue weighted by Gasteiger charge is -2.21. The van der Waals surface area contributed by atoms with E-state index in [9.17, 15) is 9.59 Å². The van der Waals surface area contributed by atoms with Gasteiger partial charge in [0.15, 0.2) is 5.11 Å². The van der Waals surface area contributed by atoms with Crippen LogP contribution in [0.15, 0.2) is 42.5 Å². The first-order chi connectivity index (χ1) is 15.9. The molecule has 0 aliphatic heterocycles. The van der Waals surface area contributed by atoms with Crippen molar-refractivity contribution in [1.82, 2.24) is 5.32 Å².